The van der Waals surface area contributed by atoms with Crippen molar-refractivity contribution in [2.24, 2.45) is 4.99 Å². The maximum Gasteiger partial charge on any atom is 0.273 e. The second-order valence-electron chi connectivity index (χ2n) is 2.16. The molecule has 0 radical (unpaired) electrons. The summed E-state index contributed by atoms with van der Waals surface area (Å²) in [6, 6.07) is 1.85. The summed E-state index contributed by atoms with van der Waals surface area (Å²) in [5.74, 6) is 0. The number of nitrogens with zero attached hydrogens (tertiary/aromatic N) is 1. The van der Waals surface area contributed by atoms with E-state index in [-0.39, 0.29) is 5.56 Å². The van der Waals surface area contributed by atoms with Crippen LogP contribution >= 0.6 is 0 Å². The van der Waals surface area contributed by atoms with Crippen LogP contribution in [0.2, 0.25) is 0 Å². The average molecular weight is 134 g/mol. The Bertz CT molecular complexity index is 416. The summed E-state index contributed by atoms with van der Waals surface area (Å²) in [6.07, 6.45) is 3.57. The van der Waals surface area contributed by atoms with Gasteiger partial charge in [0, 0.05) is 11.4 Å². The predicted molar refractivity (Wildman–Crippen MR) is 37.2 cm³/mol. The molecule has 1 aliphatic rings. The van der Waals surface area contributed by atoms with E-state index in [4.69, 9.17) is 0 Å². The summed E-state index contributed by atoms with van der Waals surface area (Å²) in [4.78, 5) is 17.5. The first-order valence-corrected chi connectivity index (χ1v) is 3.10. The van der Waals surface area contributed by atoms with Crippen molar-refractivity contribution in [3.05, 3.63) is 33.2 Å². The van der Waals surface area contributed by atoms with Gasteiger partial charge in [-0.1, -0.05) is 6.08 Å². The highest BCUT2D eigenvalue weighted by Gasteiger charge is 1.95. The molecule has 3 heteroatoms. The molecule has 3 nitrogen and oxygen atoms in total. The molecule has 0 saturated heterocycles. The Balaban J connectivity index is 3.12. The van der Waals surface area contributed by atoms with Crippen LogP contribution < -0.4 is 16.1 Å². The lowest BCUT2D eigenvalue weighted by Gasteiger charge is -1.79. The molecule has 0 spiro atoms. The molecule has 2 rings (SSSR count). The van der Waals surface area contributed by atoms with Crippen LogP contribution in [0.4, 0.5) is 0 Å². The third-order valence-corrected chi connectivity index (χ3v) is 1.53. The van der Waals surface area contributed by atoms with E-state index < -0.39 is 0 Å². The summed E-state index contributed by atoms with van der Waals surface area (Å²) < 4.78 is 0. The Morgan fingerprint density at radius 3 is 3.30 bits per heavy atom. The SMILES string of the molecule is O=c1[nH]ccc2c1=NCC=2. The largest absolute Gasteiger partial charge is 0.327 e. The third-order valence-electron chi connectivity index (χ3n) is 1.53. The molecule has 10 heavy (non-hydrogen) atoms. The minimum Gasteiger partial charge on any atom is -0.327 e. The number of hydrogen-bond acceptors (Lipinski definition) is 2. The molecule has 0 amide bonds. The van der Waals surface area contributed by atoms with Crippen molar-refractivity contribution < 1.29 is 0 Å². The molecular weight excluding hydrogens is 128 g/mol. The Labute approximate surface area is 56.7 Å². The Kier molecular flexibility index (Phi) is 0.974. The van der Waals surface area contributed by atoms with Gasteiger partial charge in [0.05, 0.1) is 6.54 Å². The van der Waals surface area contributed by atoms with Crippen LogP contribution in [0, 0.1) is 0 Å². The van der Waals surface area contributed by atoms with E-state index in [1.54, 1.807) is 6.20 Å². The predicted octanol–water partition coefficient (Wildman–Crippen LogP) is -1.21. The first-order chi connectivity index (χ1) is 4.88. The number of aromatic amines is 1. The molecule has 2 heterocycles. The summed E-state index contributed by atoms with van der Waals surface area (Å²) in [5.41, 5.74) is -0.0914. The zero-order chi connectivity index (χ0) is 6.97. The lowest BCUT2D eigenvalue weighted by molar-refractivity contribution is 1.11. The number of aromatic nitrogens is 1. The van der Waals surface area contributed by atoms with E-state index in [9.17, 15) is 4.79 Å². The molecular formula is C7H6N2O. The van der Waals surface area contributed by atoms with Gasteiger partial charge in [0.2, 0.25) is 0 Å². The maximum absolute atomic E-state index is 10.9. The summed E-state index contributed by atoms with van der Waals surface area (Å²) >= 11 is 0. The first kappa shape index (κ1) is 5.41. The van der Waals surface area contributed by atoms with Crippen LogP contribution in [0.25, 0.3) is 6.08 Å². The van der Waals surface area contributed by atoms with Crippen LogP contribution in [0.1, 0.15) is 0 Å². The van der Waals surface area contributed by atoms with Gasteiger partial charge in [0.1, 0.15) is 5.36 Å². The molecule has 0 bridgehead atoms. The molecule has 0 aromatic carbocycles. The van der Waals surface area contributed by atoms with Crippen molar-refractivity contribution >= 4 is 6.08 Å². The fraction of sp³-hybridized carbons (Fsp3) is 0.143. The van der Waals surface area contributed by atoms with Crippen molar-refractivity contribution in [2.45, 2.75) is 0 Å². The van der Waals surface area contributed by atoms with Gasteiger partial charge in [-0.2, -0.15) is 0 Å². The number of H-pyrrole nitrogens is 1. The number of hydrogen-bond donors (Lipinski definition) is 1. The monoisotopic (exact) mass is 134 g/mol. The van der Waals surface area contributed by atoms with E-state index in [0.29, 0.717) is 11.9 Å². The Hall–Kier alpha value is -1.38. The van der Waals surface area contributed by atoms with Gasteiger partial charge < -0.3 is 4.98 Å². The van der Waals surface area contributed by atoms with Crippen molar-refractivity contribution in [3.8, 4) is 0 Å². The highest BCUT2D eigenvalue weighted by molar-refractivity contribution is 5.27. The van der Waals surface area contributed by atoms with Gasteiger partial charge >= 0.3 is 0 Å². The molecule has 0 fully saturated rings. The average Bonchev–Trinajstić information content (AvgIpc) is 2.36. The van der Waals surface area contributed by atoms with Crippen molar-refractivity contribution in [2.75, 3.05) is 6.54 Å². The minimum absolute atomic E-state index is 0.0914. The van der Waals surface area contributed by atoms with E-state index in [0.717, 1.165) is 5.22 Å². The van der Waals surface area contributed by atoms with Gasteiger partial charge in [0.15, 0.2) is 0 Å². The molecule has 1 aromatic rings. The van der Waals surface area contributed by atoms with Gasteiger partial charge in [0.25, 0.3) is 5.56 Å². The van der Waals surface area contributed by atoms with Gasteiger partial charge in [-0.05, 0) is 6.07 Å². The standard InChI is InChI=1S/C7H6N2O/c10-7-6-5(1-3-8-6)2-4-9-7/h1-2,4H,3H2,(H,9,10). The second-order valence-corrected chi connectivity index (χ2v) is 2.16. The zero-order valence-corrected chi connectivity index (χ0v) is 5.29. The molecule has 1 N–H and O–H groups in total. The minimum atomic E-state index is -0.0914. The van der Waals surface area contributed by atoms with Crippen LogP contribution in [-0.2, 0) is 0 Å². The normalized spacial score (nSPS) is 13.6. The molecule has 1 aliphatic heterocycles. The lowest BCUT2D eigenvalue weighted by Crippen LogP contribution is -2.38. The van der Waals surface area contributed by atoms with Gasteiger partial charge in [-0.25, -0.2) is 0 Å². The van der Waals surface area contributed by atoms with Crippen LogP contribution in [0.5, 0.6) is 0 Å². The smallest absolute Gasteiger partial charge is 0.273 e. The molecule has 0 saturated carbocycles. The molecule has 0 unspecified atom stereocenters. The maximum atomic E-state index is 10.9. The summed E-state index contributed by atoms with van der Waals surface area (Å²) in [5, 5.41) is 1.52. The highest BCUT2D eigenvalue weighted by atomic mass is 16.1. The van der Waals surface area contributed by atoms with E-state index >= 15 is 0 Å². The molecule has 1 aromatic heterocycles. The number of fused-ring (bicyclic) bond motifs is 1. The number of pyridine rings is 1. The van der Waals surface area contributed by atoms with E-state index in [2.05, 4.69) is 9.98 Å². The van der Waals surface area contributed by atoms with Crippen molar-refractivity contribution in [1.29, 1.82) is 0 Å². The van der Waals surface area contributed by atoms with Gasteiger partial charge in [-0.15, -0.1) is 0 Å². The lowest BCUT2D eigenvalue weighted by atomic mass is 10.4. The van der Waals surface area contributed by atoms with Crippen molar-refractivity contribution in [1.82, 2.24) is 4.98 Å². The highest BCUT2D eigenvalue weighted by Crippen LogP contribution is 1.72. The zero-order valence-electron chi connectivity index (χ0n) is 5.29. The molecule has 0 atom stereocenters. The van der Waals surface area contributed by atoms with Crippen LogP contribution in [-0.4, -0.2) is 11.5 Å². The Morgan fingerprint density at radius 2 is 2.50 bits per heavy atom. The van der Waals surface area contributed by atoms with E-state index in [1.807, 2.05) is 12.1 Å². The van der Waals surface area contributed by atoms with Crippen LogP contribution in [0.15, 0.2) is 22.1 Å². The first-order valence-electron chi connectivity index (χ1n) is 3.10. The Morgan fingerprint density at radius 1 is 1.60 bits per heavy atom. The molecule has 0 aliphatic carbocycles. The van der Waals surface area contributed by atoms with Crippen molar-refractivity contribution in [3.63, 3.8) is 0 Å². The molecule has 50 valence electrons. The second kappa shape index (κ2) is 1.80. The topological polar surface area (TPSA) is 45.2 Å². The fourth-order valence-electron chi connectivity index (χ4n) is 1.05. The summed E-state index contributed by atoms with van der Waals surface area (Å²) in [6.45, 7) is 0.641. The number of rotatable bonds is 0. The third kappa shape index (κ3) is 0.603. The van der Waals surface area contributed by atoms with Crippen LogP contribution in [0.3, 0.4) is 0 Å². The summed E-state index contributed by atoms with van der Waals surface area (Å²) in [7, 11) is 0. The van der Waals surface area contributed by atoms with E-state index in [1.165, 1.54) is 0 Å². The quantitative estimate of drug-likeness (QED) is 0.475. The number of nitrogens with one attached hydrogen (secondary N) is 1. The fourth-order valence-corrected chi connectivity index (χ4v) is 1.05. The van der Waals surface area contributed by atoms with Gasteiger partial charge in [-0.3, -0.25) is 9.79 Å².